The molecule has 6 nitrogen and oxygen atoms in total. The molecule has 2 aromatic rings. The number of nitrogens with zero attached hydrogens (tertiary/aromatic N) is 4. The summed E-state index contributed by atoms with van der Waals surface area (Å²) in [6.07, 6.45) is 0. The van der Waals surface area contributed by atoms with E-state index >= 15 is 0 Å². The van der Waals surface area contributed by atoms with Gasteiger partial charge < -0.3 is 19.9 Å². The van der Waals surface area contributed by atoms with Crippen LogP contribution in [-0.2, 0) is 4.74 Å². The second kappa shape index (κ2) is 7.55. The van der Waals surface area contributed by atoms with Crippen LogP contribution in [0.4, 0.5) is 16.2 Å². The van der Waals surface area contributed by atoms with E-state index in [1.54, 1.807) is 12.1 Å². The standard InChI is InChI=1S/C19H24FN5O/c1-14-13-26-11-10-25(14)19-22-17(15-2-4-16(20)5-3-15)12-18(23-19)24-8-6-21-7-9-24/h2-5,12,14,21H,6-11,13H2,1H3/t14-/m1/s1. The Bertz CT molecular complexity index is 748. The second-order valence-corrected chi connectivity index (χ2v) is 6.77. The lowest BCUT2D eigenvalue weighted by molar-refractivity contribution is 0.0981. The molecule has 0 radical (unpaired) electrons. The van der Waals surface area contributed by atoms with E-state index in [4.69, 9.17) is 14.7 Å². The lowest BCUT2D eigenvalue weighted by Gasteiger charge is -2.35. The van der Waals surface area contributed by atoms with E-state index in [9.17, 15) is 4.39 Å². The zero-order chi connectivity index (χ0) is 17.9. The third-order valence-electron chi connectivity index (χ3n) is 4.91. The fraction of sp³-hybridized carbons (Fsp3) is 0.474. The highest BCUT2D eigenvalue weighted by Crippen LogP contribution is 2.27. The number of benzene rings is 1. The van der Waals surface area contributed by atoms with Crippen molar-refractivity contribution in [2.24, 2.45) is 0 Å². The lowest BCUT2D eigenvalue weighted by atomic mass is 10.1. The van der Waals surface area contributed by atoms with Gasteiger partial charge in [0.2, 0.25) is 5.95 Å². The van der Waals surface area contributed by atoms with Crippen molar-refractivity contribution >= 4 is 11.8 Å². The smallest absolute Gasteiger partial charge is 0.228 e. The maximum Gasteiger partial charge on any atom is 0.228 e. The Hall–Kier alpha value is -2.25. The summed E-state index contributed by atoms with van der Waals surface area (Å²) >= 11 is 0. The van der Waals surface area contributed by atoms with E-state index in [1.165, 1.54) is 12.1 Å². The SMILES string of the molecule is C[C@@H]1COCCN1c1nc(-c2ccc(F)cc2)cc(N2CCNCC2)n1. The number of aromatic nitrogens is 2. The number of piperazine rings is 1. The van der Waals surface area contributed by atoms with Crippen LogP contribution < -0.4 is 15.1 Å². The average molecular weight is 357 g/mol. The molecule has 0 saturated carbocycles. The molecule has 2 aliphatic heterocycles. The van der Waals surface area contributed by atoms with Crippen LogP contribution in [-0.4, -0.2) is 61.9 Å². The van der Waals surface area contributed by atoms with Gasteiger partial charge in [0.15, 0.2) is 0 Å². The molecule has 0 unspecified atom stereocenters. The highest BCUT2D eigenvalue weighted by atomic mass is 19.1. The van der Waals surface area contributed by atoms with Crippen molar-refractivity contribution in [3.8, 4) is 11.3 Å². The van der Waals surface area contributed by atoms with Crippen LogP contribution in [0.15, 0.2) is 30.3 Å². The minimum atomic E-state index is -0.243. The fourth-order valence-corrected chi connectivity index (χ4v) is 3.40. The van der Waals surface area contributed by atoms with Crippen LogP contribution in [0.25, 0.3) is 11.3 Å². The second-order valence-electron chi connectivity index (χ2n) is 6.77. The molecule has 7 heteroatoms. The van der Waals surface area contributed by atoms with Crippen molar-refractivity contribution < 1.29 is 9.13 Å². The number of anilines is 2. The van der Waals surface area contributed by atoms with Gasteiger partial charge in [-0.1, -0.05) is 0 Å². The van der Waals surface area contributed by atoms with Gasteiger partial charge >= 0.3 is 0 Å². The molecule has 0 spiro atoms. The Kier molecular flexibility index (Phi) is 4.99. The molecular formula is C19H24FN5O. The Morgan fingerprint density at radius 1 is 1.12 bits per heavy atom. The van der Waals surface area contributed by atoms with Gasteiger partial charge in [-0.05, 0) is 31.2 Å². The van der Waals surface area contributed by atoms with Crippen molar-refractivity contribution in [3.05, 3.63) is 36.1 Å². The molecule has 2 fully saturated rings. The molecular weight excluding hydrogens is 333 g/mol. The fourth-order valence-electron chi connectivity index (χ4n) is 3.40. The number of halogens is 1. The van der Waals surface area contributed by atoms with Crippen molar-refractivity contribution in [3.63, 3.8) is 0 Å². The molecule has 1 aromatic carbocycles. The number of ether oxygens (including phenoxy) is 1. The third kappa shape index (κ3) is 3.64. The molecule has 0 aliphatic carbocycles. The summed E-state index contributed by atoms with van der Waals surface area (Å²) in [6, 6.07) is 8.71. The number of hydrogen-bond acceptors (Lipinski definition) is 6. The van der Waals surface area contributed by atoms with Crippen LogP contribution >= 0.6 is 0 Å². The summed E-state index contributed by atoms with van der Waals surface area (Å²) in [5.41, 5.74) is 1.72. The van der Waals surface area contributed by atoms with E-state index in [2.05, 4.69) is 22.0 Å². The first-order valence-electron chi connectivity index (χ1n) is 9.16. The average Bonchev–Trinajstić information content (AvgIpc) is 2.69. The van der Waals surface area contributed by atoms with E-state index in [0.717, 1.165) is 55.7 Å². The van der Waals surface area contributed by atoms with E-state index in [1.807, 2.05) is 6.07 Å². The monoisotopic (exact) mass is 357 g/mol. The van der Waals surface area contributed by atoms with Crippen LogP contribution in [0.2, 0.25) is 0 Å². The van der Waals surface area contributed by atoms with Crippen LogP contribution in [0, 0.1) is 5.82 Å². The summed E-state index contributed by atoms with van der Waals surface area (Å²) < 4.78 is 18.9. The number of nitrogens with one attached hydrogen (secondary N) is 1. The number of morpholine rings is 1. The maximum atomic E-state index is 13.3. The highest BCUT2D eigenvalue weighted by molar-refractivity contribution is 5.65. The zero-order valence-electron chi connectivity index (χ0n) is 15.0. The van der Waals surface area contributed by atoms with Crippen molar-refractivity contribution in [2.75, 3.05) is 55.7 Å². The van der Waals surface area contributed by atoms with Crippen molar-refractivity contribution in [1.29, 1.82) is 0 Å². The highest BCUT2D eigenvalue weighted by Gasteiger charge is 2.24. The van der Waals surface area contributed by atoms with E-state index in [0.29, 0.717) is 13.2 Å². The predicted octanol–water partition coefficient (Wildman–Crippen LogP) is 1.92. The van der Waals surface area contributed by atoms with Gasteiger partial charge in [0.1, 0.15) is 11.6 Å². The summed E-state index contributed by atoms with van der Waals surface area (Å²) in [6.45, 7) is 7.96. The first kappa shape index (κ1) is 17.2. The minimum absolute atomic E-state index is 0.225. The molecule has 2 aliphatic rings. The molecule has 0 amide bonds. The first-order chi connectivity index (χ1) is 12.7. The molecule has 0 bridgehead atoms. The van der Waals surface area contributed by atoms with Crippen LogP contribution in [0.1, 0.15) is 6.92 Å². The minimum Gasteiger partial charge on any atom is -0.377 e. The Morgan fingerprint density at radius 3 is 2.62 bits per heavy atom. The molecule has 1 atom stereocenters. The molecule has 1 N–H and O–H groups in total. The summed E-state index contributed by atoms with van der Waals surface area (Å²) in [5, 5.41) is 3.37. The van der Waals surface area contributed by atoms with Gasteiger partial charge in [-0.2, -0.15) is 4.98 Å². The summed E-state index contributed by atoms with van der Waals surface area (Å²) in [4.78, 5) is 14.1. The zero-order valence-corrected chi connectivity index (χ0v) is 15.0. The predicted molar refractivity (Wildman–Crippen MR) is 100 cm³/mol. The first-order valence-corrected chi connectivity index (χ1v) is 9.16. The molecule has 26 heavy (non-hydrogen) atoms. The molecule has 2 saturated heterocycles. The summed E-state index contributed by atoms with van der Waals surface area (Å²) in [5.74, 6) is 1.40. The number of rotatable bonds is 3. The van der Waals surface area contributed by atoms with E-state index in [-0.39, 0.29) is 11.9 Å². The molecule has 3 heterocycles. The Labute approximate surface area is 153 Å². The van der Waals surface area contributed by atoms with Crippen molar-refractivity contribution in [1.82, 2.24) is 15.3 Å². The third-order valence-corrected chi connectivity index (χ3v) is 4.91. The Balaban J connectivity index is 1.74. The van der Waals surface area contributed by atoms with Gasteiger partial charge in [-0.25, -0.2) is 9.37 Å². The van der Waals surface area contributed by atoms with Gasteiger partial charge in [0, 0.05) is 44.4 Å². The Morgan fingerprint density at radius 2 is 1.88 bits per heavy atom. The number of hydrogen-bond donors (Lipinski definition) is 1. The summed E-state index contributed by atoms with van der Waals surface area (Å²) in [7, 11) is 0. The maximum absolute atomic E-state index is 13.3. The van der Waals surface area contributed by atoms with Gasteiger partial charge in [-0.3, -0.25) is 0 Å². The van der Waals surface area contributed by atoms with Gasteiger partial charge in [-0.15, -0.1) is 0 Å². The van der Waals surface area contributed by atoms with E-state index < -0.39 is 0 Å². The quantitative estimate of drug-likeness (QED) is 0.906. The normalized spacial score (nSPS) is 21.1. The molecule has 138 valence electrons. The van der Waals surface area contributed by atoms with Crippen LogP contribution in [0.3, 0.4) is 0 Å². The largest absolute Gasteiger partial charge is 0.377 e. The topological polar surface area (TPSA) is 53.5 Å². The van der Waals surface area contributed by atoms with Crippen molar-refractivity contribution in [2.45, 2.75) is 13.0 Å². The molecule has 4 rings (SSSR count). The lowest BCUT2D eigenvalue weighted by Crippen LogP contribution is -2.46. The molecule has 1 aromatic heterocycles. The van der Waals surface area contributed by atoms with Crippen LogP contribution in [0.5, 0.6) is 0 Å². The van der Waals surface area contributed by atoms with Gasteiger partial charge in [0.25, 0.3) is 0 Å². The van der Waals surface area contributed by atoms with Gasteiger partial charge in [0.05, 0.1) is 24.9 Å².